The Balaban J connectivity index is 4.51. The molecule has 0 spiro atoms. The third-order valence-electron chi connectivity index (χ3n) is 0.859. The zero-order valence-electron chi connectivity index (χ0n) is 6.07. The molecule has 0 saturated heterocycles. The van der Waals surface area contributed by atoms with E-state index in [-0.39, 0.29) is 0 Å². The van der Waals surface area contributed by atoms with Crippen molar-refractivity contribution in [2.75, 3.05) is 21.3 Å². The summed E-state index contributed by atoms with van der Waals surface area (Å²) in [4.78, 5) is 0. The van der Waals surface area contributed by atoms with Gasteiger partial charge in [-0.25, -0.2) is 0 Å². The molecule has 10 heavy (non-hydrogen) atoms. The summed E-state index contributed by atoms with van der Waals surface area (Å²) in [7, 11) is 1.45. The van der Waals surface area contributed by atoms with Gasteiger partial charge in [-0.2, -0.15) is 5.26 Å². The van der Waals surface area contributed by atoms with Crippen LogP contribution in [0.5, 0.6) is 0 Å². The van der Waals surface area contributed by atoms with E-state index >= 15 is 0 Å². The lowest BCUT2D eigenvalue weighted by Crippen LogP contribution is -1.90. The average molecular weight is 164 g/mol. The fourth-order valence-corrected chi connectivity index (χ4v) is 1.20. The van der Waals surface area contributed by atoms with E-state index in [4.69, 9.17) is 18.8 Å². The number of nitriles is 1. The van der Waals surface area contributed by atoms with E-state index in [1.165, 1.54) is 21.3 Å². The molecule has 0 fully saturated rings. The number of hydrogen-bond donors (Lipinski definition) is 0. The van der Waals surface area contributed by atoms with Gasteiger partial charge in [0.2, 0.25) is 6.19 Å². The molecular formula is C4H9N2O3P. The summed E-state index contributed by atoms with van der Waals surface area (Å²) >= 11 is 0. The van der Waals surface area contributed by atoms with Crippen LogP contribution in [-0.4, -0.2) is 21.3 Å². The predicted octanol–water partition coefficient (Wildman–Crippen LogP) is 1.35. The zero-order valence-corrected chi connectivity index (χ0v) is 6.96. The quantitative estimate of drug-likeness (QED) is 0.466. The van der Waals surface area contributed by atoms with Crippen LogP contribution >= 0.6 is 7.74 Å². The van der Waals surface area contributed by atoms with Crippen LogP contribution in [-0.2, 0) is 13.6 Å². The van der Waals surface area contributed by atoms with Crippen LogP contribution in [0.1, 0.15) is 0 Å². The van der Waals surface area contributed by atoms with Gasteiger partial charge in [0, 0.05) is 21.3 Å². The second-order valence-electron chi connectivity index (χ2n) is 1.22. The Labute approximate surface area is 59.8 Å². The number of rotatable bonds is 3. The molecule has 0 heterocycles. The highest BCUT2D eigenvalue weighted by Crippen LogP contribution is 2.50. The van der Waals surface area contributed by atoms with Gasteiger partial charge in [0.15, 0.2) is 0 Å². The lowest BCUT2D eigenvalue weighted by Gasteiger charge is -2.13. The summed E-state index contributed by atoms with van der Waals surface area (Å²) in [5, 5.41) is 8.17. The van der Waals surface area contributed by atoms with Crippen LogP contribution in [0.3, 0.4) is 0 Å². The summed E-state index contributed by atoms with van der Waals surface area (Å²) in [5.74, 6) is 0. The molecule has 0 aromatic rings. The lowest BCUT2D eigenvalue weighted by molar-refractivity contribution is 0.225. The van der Waals surface area contributed by atoms with Gasteiger partial charge in [0.1, 0.15) is 0 Å². The minimum atomic E-state index is -2.67. The van der Waals surface area contributed by atoms with Gasteiger partial charge in [0.05, 0.1) is 0 Å². The molecule has 0 saturated carbocycles. The van der Waals surface area contributed by atoms with Crippen LogP contribution in [0.4, 0.5) is 0 Å². The molecule has 0 aliphatic rings. The first kappa shape index (κ1) is 9.60. The van der Waals surface area contributed by atoms with Gasteiger partial charge in [0.25, 0.3) is 0 Å². The molecule has 0 aromatic carbocycles. The highest BCUT2D eigenvalue weighted by Gasteiger charge is 2.17. The fraction of sp³-hybridized carbons (Fsp3) is 0.750. The maximum Gasteiger partial charge on any atom is 0.369 e. The Bertz CT molecular complexity index is 166. The Hall–Kier alpha value is -0.400. The fourth-order valence-electron chi connectivity index (χ4n) is 0.401. The molecule has 0 bridgehead atoms. The summed E-state index contributed by atoms with van der Waals surface area (Å²) in [6.07, 6.45) is 1.56. The van der Waals surface area contributed by atoms with Crippen molar-refractivity contribution < 1.29 is 13.6 Å². The second-order valence-corrected chi connectivity index (χ2v) is 3.45. The van der Waals surface area contributed by atoms with E-state index in [1.54, 1.807) is 6.19 Å². The minimum absolute atomic E-state index is 1.38. The molecule has 6 heteroatoms. The van der Waals surface area contributed by atoms with Gasteiger partial charge < -0.3 is 13.6 Å². The summed E-state index contributed by atoms with van der Waals surface area (Å²) in [6, 6.07) is 0. The average Bonchev–Trinajstić information content (AvgIpc) is 2.01. The topological polar surface area (TPSA) is 63.8 Å². The van der Waals surface area contributed by atoms with Crippen molar-refractivity contribution in [1.29, 1.82) is 5.26 Å². The Kier molecular flexibility index (Phi) is 4.24. The van der Waals surface area contributed by atoms with Crippen molar-refractivity contribution in [2.24, 2.45) is 4.74 Å². The van der Waals surface area contributed by atoms with E-state index in [0.29, 0.717) is 0 Å². The SMILES string of the molecule is COP(=NC#N)(OC)OC. The van der Waals surface area contributed by atoms with Crippen molar-refractivity contribution in [3.8, 4) is 6.19 Å². The Morgan fingerprint density at radius 1 is 1.20 bits per heavy atom. The first-order valence-electron chi connectivity index (χ1n) is 2.42. The molecule has 58 valence electrons. The molecule has 0 aromatic heterocycles. The molecule has 0 atom stereocenters. The lowest BCUT2D eigenvalue weighted by atomic mass is 11.5. The van der Waals surface area contributed by atoms with Crippen molar-refractivity contribution >= 4 is 7.74 Å². The molecule has 0 aliphatic carbocycles. The molecular weight excluding hydrogens is 155 g/mol. The normalized spacial score (nSPS) is 10.6. The molecule has 0 aliphatic heterocycles. The largest absolute Gasteiger partial charge is 0.369 e. The molecule has 0 N–H and O–H groups in total. The Morgan fingerprint density at radius 3 is 1.70 bits per heavy atom. The Morgan fingerprint density at radius 2 is 1.60 bits per heavy atom. The van der Waals surface area contributed by atoms with Gasteiger partial charge in [-0.3, -0.25) is 0 Å². The number of nitrogens with zero attached hydrogens (tertiary/aromatic N) is 2. The van der Waals surface area contributed by atoms with E-state index in [9.17, 15) is 0 Å². The number of hydrogen-bond acceptors (Lipinski definition) is 5. The molecule has 5 nitrogen and oxygen atoms in total. The summed E-state index contributed by atoms with van der Waals surface area (Å²) < 4.78 is 17.6. The maximum absolute atomic E-state index is 8.17. The second kappa shape index (κ2) is 4.42. The van der Waals surface area contributed by atoms with Crippen LogP contribution in [0, 0.1) is 11.5 Å². The van der Waals surface area contributed by atoms with Gasteiger partial charge in [-0.1, -0.05) is 0 Å². The molecule has 0 amide bonds. The van der Waals surface area contributed by atoms with Crippen LogP contribution < -0.4 is 0 Å². The van der Waals surface area contributed by atoms with Crippen LogP contribution in [0.15, 0.2) is 4.74 Å². The van der Waals surface area contributed by atoms with E-state index in [1.807, 2.05) is 0 Å². The third kappa shape index (κ3) is 2.09. The van der Waals surface area contributed by atoms with Crippen LogP contribution in [0.25, 0.3) is 0 Å². The minimum Gasteiger partial charge on any atom is -0.305 e. The van der Waals surface area contributed by atoms with E-state index in [0.717, 1.165) is 0 Å². The van der Waals surface area contributed by atoms with E-state index < -0.39 is 7.74 Å². The highest BCUT2D eigenvalue weighted by atomic mass is 31.2. The molecule has 0 rings (SSSR count). The molecule has 0 unspecified atom stereocenters. The first-order chi connectivity index (χ1) is 4.74. The standard InChI is InChI=1S/C4H9N2O3P/c1-7-10(8-2,9-3)6-4-5/h1-3H3. The zero-order chi connectivity index (χ0) is 8.04. The van der Waals surface area contributed by atoms with Crippen LogP contribution in [0.2, 0.25) is 0 Å². The monoisotopic (exact) mass is 164 g/mol. The van der Waals surface area contributed by atoms with Crippen molar-refractivity contribution in [3.63, 3.8) is 0 Å². The third-order valence-corrected chi connectivity index (χ3v) is 2.58. The predicted molar refractivity (Wildman–Crippen MR) is 36.0 cm³/mol. The summed E-state index contributed by atoms with van der Waals surface area (Å²) in [5.41, 5.74) is 0. The summed E-state index contributed by atoms with van der Waals surface area (Å²) in [6.45, 7) is 0. The van der Waals surface area contributed by atoms with E-state index in [2.05, 4.69) is 4.74 Å². The van der Waals surface area contributed by atoms with Crippen molar-refractivity contribution in [2.45, 2.75) is 0 Å². The van der Waals surface area contributed by atoms with Crippen molar-refractivity contribution in [3.05, 3.63) is 0 Å². The van der Waals surface area contributed by atoms with Gasteiger partial charge in [-0.15, -0.1) is 4.74 Å². The first-order valence-corrected chi connectivity index (χ1v) is 3.92. The molecule has 0 radical (unpaired) electrons. The smallest absolute Gasteiger partial charge is 0.305 e. The van der Waals surface area contributed by atoms with Crippen molar-refractivity contribution in [1.82, 2.24) is 0 Å². The highest BCUT2D eigenvalue weighted by molar-refractivity contribution is 7.51. The maximum atomic E-state index is 8.17. The van der Waals surface area contributed by atoms with Gasteiger partial charge >= 0.3 is 7.74 Å². The van der Waals surface area contributed by atoms with Gasteiger partial charge in [-0.05, 0) is 0 Å².